The first-order valence-electron chi connectivity index (χ1n) is 6.08. The molecule has 0 spiro atoms. The lowest BCUT2D eigenvalue weighted by molar-refractivity contribution is -0.115. The first kappa shape index (κ1) is 13.2. The van der Waals surface area contributed by atoms with Gasteiger partial charge in [-0.15, -0.1) is 6.42 Å². The number of nitrogens with one attached hydrogen (secondary N) is 2. The second kappa shape index (κ2) is 6.12. The van der Waals surface area contributed by atoms with Gasteiger partial charge < -0.3 is 14.8 Å². The Morgan fingerprint density at radius 3 is 2.89 bits per heavy atom. The lowest BCUT2D eigenvalue weighted by Gasteiger charge is -2.19. The second-order valence-corrected chi connectivity index (χ2v) is 4.18. The van der Waals surface area contributed by atoms with E-state index in [9.17, 15) is 4.79 Å². The van der Waals surface area contributed by atoms with Gasteiger partial charge in [-0.25, -0.2) is 0 Å². The van der Waals surface area contributed by atoms with E-state index in [2.05, 4.69) is 16.6 Å². The van der Waals surface area contributed by atoms with E-state index in [4.69, 9.17) is 15.9 Å². The fourth-order valence-electron chi connectivity index (χ4n) is 1.63. The normalized spacial score (nSPS) is 14.3. The van der Waals surface area contributed by atoms with Crippen molar-refractivity contribution >= 4 is 11.6 Å². The lowest BCUT2D eigenvalue weighted by Crippen LogP contribution is -2.33. The first-order chi connectivity index (χ1) is 9.19. The molecule has 2 rings (SSSR count). The van der Waals surface area contributed by atoms with Gasteiger partial charge in [-0.05, 0) is 19.1 Å². The van der Waals surface area contributed by atoms with Crippen LogP contribution in [0.25, 0.3) is 0 Å². The van der Waals surface area contributed by atoms with Gasteiger partial charge in [0.25, 0.3) is 0 Å². The van der Waals surface area contributed by atoms with Gasteiger partial charge in [-0.1, -0.05) is 5.92 Å². The van der Waals surface area contributed by atoms with E-state index in [0.717, 1.165) is 0 Å². The summed E-state index contributed by atoms with van der Waals surface area (Å²) in [5, 5.41) is 5.68. The molecule has 5 nitrogen and oxygen atoms in total. The van der Waals surface area contributed by atoms with Crippen LogP contribution in [0.4, 0.5) is 5.69 Å². The van der Waals surface area contributed by atoms with Crippen molar-refractivity contribution in [3.8, 4) is 23.8 Å². The minimum atomic E-state index is -0.154. The second-order valence-electron chi connectivity index (χ2n) is 4.18. The fraction of sp³-hybridized carbons (Fsp3) is 0.357. The third-order valence-corrected chi connectivity index (χ3v) is 2.64. The van der Waals surface area contributed by atoms with Crippen LogP contribution in [-0.2, 0) is 4.79 Å². The molecule has 1 aliphatic heterocycles. The Kier molecular flexibility index (Phi) is 4.26. The zero-order chi connectivity index (χ0) is 13.7. The SMILES string of the molecule is C#CC(C)NCC(=O)Nc1ccc2c(c1)OCCO2. The van der Waals surface area contributed by atoms with Crippen LogP contribution in [0, 0.1) is 12.3 Å². The molecule has 1 aromatic rings. The summed E-state index contributed by atoms with van der Waals surface area (Å²) in [4.78, 5) is 11.7. The van der Waals surface area contributed by atoms with Crippen LogP contribution in [-0.4, -0.2) is 31.7 Å². The molecule has 100 valence electrons. The summed E-state index contributed by atoms with van der Waals surface area (Å²) in [7, 11) is 0. The molecule has 0 saturated heterocycles. The molecule has 0 aliphatic carbocycles. The van der Waals surface area contributed by atoms with E-state index in [1.807, 2.05) is 6.92 Å². The highest BCUT2D eigenvalue weighted by Crippen LogP contribution is 2.32. The minimum absolute atomic E-state index is 0.133. The monoisotopic (exact) mass is 260 g/mol. The third kappa shape index (κ3) is 3.63. The van der Waals surface area contributed by atoms with Crippen LogP contribution < -0.4 is 20.1 Å². The van der Waals surface area contributed by atoms with Crippen molar-refractivity contribution in [2.24, 2.45) is 0 Å². The summed E-state index contributed by atoms with van der Waals surface area (Å²) in [5.41, 5.74) is 0.671. The number of fused-ring (bicyclic) bond motifs is 1. The zero-order valence-electron chi connectivity index (χ0n) is 10.7. The first-order valence-corrected chi connectivity index (χ1v) is 6.08. The molecular weight excluding hydrogens is 244 g/mol. The van der Waals surface area contributed by atoms with Crippen LogP contribution in [0.15, 0.2) is 18.2 Å². The average Bonchev–Trinajstić information content (AvgIpc) is 2.44. The van der Waals surface area contributed by atoms with Crippen molar-refractivity contribution < 1.29 is 14.3 Å². The summed E-state index contributed by atoms with van der Waals surface area (Å²) in [5.74, 6) is 3.69. The van der Waals surface area contributed by atoms with Gasteiger partial charge in [-0.3, -0.25) is 10.1 Å². The van der Waals surface area contributed by atoms with Crippen LogP contribution in [0.1, 0.15) is 6.92 Å². The fourth-order valence-corrected chi connectivity index (χ4v) is 1.63. The molecule has 0 aromatic heterocycles. The maximum Gasteiger partial charge on any atom is 0.238 e. The van der Waals surface area contributed by atoms with Gasteiger partial charge in [-0.2, -0.15) is 0 Å². The number of terminal acetylenes is 1. The Balaban J connectivity index is 1.92. The number of benzene rings is 1. The number of amides is 1. The highest BCUT2D eigenvalue weighted by molar-refractivity contribution is 5.92. The van der Waals surface area contributed by atoms with Crippen molar-refractivity contribution in [1.29, 1.82) is 0 Å². The molecule has 1 aromatic carbocycles. The van der Waals surface area contributed by atoms with E-state index < -0.39 is 0 Å². The number of ether oxygens (including phenoxy) is 2. The van der Waals surface area contributed by atoms with Gasteiger partial charge >= 0.3 is 0 Å². The van der Waals surface area contributed by atoms with Crippen molar-refractivity contribution in [2.45, 2.75) is 13.0 Å². The predicted molar refractivity (Wildman–Crippen MR) is 72.4 cm³/mol. The standard InChI is InChI=1S/C14H16N2O3/c1-3-10(2)15-9-14(17)16-11-4-5-12-13(8-11)19-7-6-18-12/h1,4-5,8,10,15H,6-7,9H2,2H3,(H,16,17). The average molecular weight is 260 g/mol. The van der Waals surface area contributed by atoms with Crippen LogP contribution in [0.2, 0.25) is 0 Å². The highest BCUT2D eigenvalue weighted by Gasteiger charge is 2.12. The minimum Gasteiger partial charge on any atom is -0.486 e. The molecule has 0 bridgehead atoms. The largest absolute Gasteiger partial charge is 0.486 e. The Labute approximate surface area is 112 Å². The van der Waals surface area contributed by atoms with Crippen molar-refractivity contribution in [3.05, 3.63) is 18.2 Å². The summed E-state index contributed by atoms with van der Waals surface area (Å²) >= 11 is 0. The number of anilines is 1. The smallest absolute Gasteiger partial charge is 0.238 e. The molecule has 0 saturated carbocycles. The molecule has 1 aliphatic rings. The Morgan fingerprint density at radius 1 is 1.42 bits per heavy atom. The molecule has 0 radical (unpaired) electrons. The van der Waals surface area contributed by atoms with Gasteiger partial charge in [0.2, 0.25) is 5.91 Å². The Hall–Kier alpha value is -2.19. The van der Waals surface area contributed by atoms with E-state index in [0.29, 0.717) is 30.4 Å². The van der Waals surface area contributed by atoms with Crippen molar-refractivity contribution in [1.82, 2.24) is 5.32 Å². The Bertz CT molecular complexity index is 508. The van der Waals surface area contributed by atoms with Gasteiger partial charge in [0.15, 0.2) is 11.5 Å². The van der Waals surface area contributed by atoms with E-state index in [1.165, 1.54) is 0 Å². The summed E-state index contributed by atoms with van der Waals surface area (Å²) in [6, 6.07) is 5.17. The Morgan fingerprint density at radius 2 is 2.16 bits per heavy atom. The van der Waals surface area contributed by atoms with Crippen molar-refractivity contribution in [2.75, 3.05) is 25.1 Å². The number of hydrogen-bond donors (Lipinski definition) is 2. The molecule has 1 heterocycles. The third-order valence-electron chi connectivity index (χ3n) is 2.64. The van der Waals surface area contributed by atoms with Gasteiger partial charge in [0.05, 0.1) is 12.6 Å². The molecular formula is C14H16N2O3. The number of carbonyl (C=O) groups excluding carboxylic acids is 1. The summed E-state index contributed by atoms with van der Waals surface area (Å²) in [6.07, 6.45) is 5.21. The molecule has 1 unspecified atom stereocenters. The van der Waals surface area contributed by atoms with Gasteiger partial charge in [0, 0.05) is 11.8 Å². The van der Waals surface area contributed by atoms with Crippen LogP contribution >= 0.6 is 0 Å². The highest BCUT2D eigenvalue weighted by atomic mass is 16.6. The van der Waals surface area contributed by atoms with Crippen LogP contribution in [0.3, 0.4) is 0 Å². The molecule has 0 fully saturated rings. The zero-order valence-corrected chi connectivity index (χ0v) is 10.7. The molecule has 19 heavy (non-hydrogen) atoms. The summed E-state index contributed by atoms with van der Waals surface area (Å²) in [6.45, 7) is 3.05. The molecule has 1 atom stereocenters. The van der Waals surface area contributed by atoms with Crippen LogP contribution in [0.5, 0.6) is 11.5 Å². The quantitative estimate of drug-likeness (QED) is 0.793. The van der Waals surface area contributed by atoms with E-state index >= 15 is 0 Å². The lowest BCUT2D eigenvalue weighted by atomic mass is 10.2. The topological polar surface area (TPSA) is 59.6 Å². The number of hydrogen-bond acceptors (Lipinski definition) is 4. The van der Waals surface area contributed by atoms with E-state index in [-0.39, 0.29) is 18.5 Å². The maximum atomic E-state index is 11.7. The number of rotatable bonds is 4. The summed E-state index contributed by atoms with van der Waals surface area (Å²) < 4.78 is 10.8. The van der Waals surface area contributed by atoms with Crippen molar-refractivity contribution in [3.63, 3.8) is 0 Å². The maximum absolute atomic E-state index is 11.7. The molecule has 2 N–H and O–H groups in total. The number of carbonyl (C=O) groups is 1. The molecule has 5 heteroatoms. The van der Waals surface area contributed by atoms with Gasteiger partial charge in [0.1, 0.15) is 13.2 Å². The molecule has 1 amide bonds. The van der Waals surface area contributed by atoms with E-state index in [1.54, 1.807) is 18.2 Å². The predicted octanol–water partition coefficient (Wildman–Crippen LogP) is 1.01.